The molecule has 0 bridgehead atoms. The minimum Gasteiger partial charge on any atom is -0.492 e. The monoisotopic (exact) mass is 317 g/mol. The maximum atomic E-state index is 10.8. The lowest BCUT2D eigenvalue weighted by Crippen LogP contribution is -2.17. The van der Waals surface area contributed by atoms with Gasteiger partial charge >= 0.3 is 5.97 Å². The summed E-state index contributed by atoms with van der Waals surface area (Å²) in [6.45, 7) is 1.85. The third-order valence-corrected chi connectivity index (χ3v) is 3.20. The van der Waals surface area contributed by atoms with Gasteiger partial charge in [0.25, 0.3) is 0 Å². The number of carboxylic acids is 1. The summed E-state index contributed by atoms with van der Waals surface area (Å²) in [7, 11) is 3.02. The zero-order chi connectivity index (χ0) is 13.9. The first-order valence-corrected chi connectivity index (χ1v) is 6.10. The molecule has 5 nitrogen and oxygen atoms in total. The van der Waals surface area contributed by atoms with Crippen LogP contribution in [0.1, 0.15) is 23.6 Å². The SMILES string of the molecule is COc1c(Br)cc(C)c(C(N)CC(=O)O)c1OC. The quantitative estimate of drug-likeness (QED) is 0.870. The fraction of sp³-hybridized carbons (Fsp3) is 0.417. The van der Waals surface area contributed by atoms with Crippen LogP contribution >= 0.6 is 15.9 Å². The summed E-state index contributed by atoms with van der Waals surface area (Å²) in [6, 6.07) is 1.19. The highest BCUT2D eigenvalue weighted by atomic mass is 79.9. The second-order valence-corrected chi connectivity index (χ2v) is 4.71. The van der Waals surface area contributed by atoms with Crippen LogP contribution in [0.15, 0.2) is 10.5 Å². The predicted octanol–water partition coefficient (Wildman–Crippen LogP) is 2.25. The Morgan fingerprint density at radius 2 is 2.00 bits per heavy atom. The molecule has 6 heteroatoms. The average molecular weight is 318 g/mol. The molecule has 100 valence electrons. The van der Waals surface area contributed by atoms with E-state index < -0.39 is 12.0 Å². The maximum absolute atomic E-state index is 10.8. The van der Waals surface area contributed by atoms with Crippen LogP contribution in [0.5, 0.6) is 11.5 Å². The van der Waals surface area contributed by atoms with Crippen molar-refractivity contribution in [3.8, 4) is 11.5 Å². The van der Waals surface area contributed by atoms with Crippen molar-refractivity contribution in [1.82, 2.24) is 0 Å². The molecule has 1 aromatic rings. The molecule has 0 aromatic heterocycles. The highest BCUT2D eigenvalue weighted by Crippen LogP contribution is 2.42. The first-order chi connectivity index (χ1) is 8.42. The molecule has 0 aliphatic heterocycles. The van der Waals surface area contributed by atoms with Gasteiger partial charge in [0.2, 0.25) is 0 Å². The van der Waals surface area contributed by atoms with E-state index in [2.05, 4.69) is 15.9 Å². The highest BCUT2D eigenvalue weighted by Gasteiger charge is 2.23. The summed E-state index contributed by atoms with van der Waals surface area (Å²) in [5.74, 6) is 0.0305. The second-order valence-electron chi connectivity index (χ2n) is 3.86. The molecular formula is C12H16BrNO4. The van der Waals surface area contributed by atoms with E-state index in [1.54, 1.807) is 0 Å². The Morgan fingerprint density at radius 3 is 2.44 bits per heavy atom. The van der Waals surface area contributed by atoms with Crippen LogP contribution in [0.3, 0.4) is 0 Å². The average Bonchev–Trinajstić information content (AvgIpc) is 2.26. The molecule has 0 spiro atoms. The summed E-state index contributed by atoms with van der Waals surface area (Å²) in [4.78, 5) is 10.8. The van der Waals surface area contributed by atoms with Gasteiger partial charge in [-0.15, -0.1) is 0 Å². The zero-order valence-corrected chi connectivity index (χ0v) is 12.1. The van der Waals surface area contributed by atoms with Gasteiger partial charge in [0.05, 0.1) is 25.1 Å². The first-order valence-electron chi connectivity index (χ1n) is 5.30. The number of hydrogen-bond acceptors (Lipinski definition) is 4. The van der Waals surface area contributed by atoms with E-state index in [-0.39, 0.29) is 6.42 Å². The van der Waals surface area contributed by atoms with Crippen molar-refractivity contribution in [3.63, 3.8) is 0 Å². The molecule has 1 rings (SSSR count). The Hall–Kier alpha value is -1.27. The number of benzene rings is 1. The van der Waals surface area contributed by atoms with Gasteiger partial charge in [0.15, 0.2) is 11.5 Å². The zero-order valence-electron chi connectivity index (χ0n) is 10.5. The van der Waals surface area contributed by atoms with Crippen LogP contribution in [-0.2, 0) is 4.79 Å². The van der Waals surface area contributed by atoms with Crippen LogP contribution in [0.2, 0.25) is 0 Å². The predicted molar refractivity (Wildman–Crippen MR) is 71.2 cm³/mol. The van der Waals surface area contributed by atoms with E-state index in [0.29, 0.717) is 17.1 Å². The van der Waals surface area contributed by atoms with Gasteiger partial charge in [0, 0.05) is 11.6 Å². The Bertz CT molecular complexity index is 462. The Labute approximate surface area is 114 Å². The molecule has 0 radical (unpaired) electrons. The topological polar surface area (TPSA) is 81.8 Å². The van der Waals surface area contributed by atoms with Gasteiger partial charge in [-0.1, -0.05) is 0 Å². The minimum absolute atomic E-state index is 0.165. The number of nitrogens with two attached hydrogens (primary N) is 1. The van der Waals surface area contributed by atoms with Gasteiger partial charge in [-0.25, -0.2) is 0 Å². The van der Waals surface area contributed by atoms with Crippen molar-refractivity contribution in [2.45, 2.75) is 19.4 Å². The number of carboxylic acid groups (broad SMARTS) is 1. The molecule has 1 atom stereocenters. The number of carbonyl (C=O) groups is 1. The Morgan fingerprint density at radius 1 is 1.44 bits per heavy atom. The number of ether oxygens (including phenoxy) is 2. The second kappa shape index (κ2) is 6.06. The number of methoxy groups -OCH3 is 2. The minimum atomic E-state index is -0.953. The molecule has 1 unspecified atom stereocenters. The van der Waals surface area contributed by atoms with E-state index in [1.165, 1.54) is 14.2 Å². The summed E-state index contributed by atoms with van der Waals surface area (Å²) >= 11 is 3.37. The van der Waals surface area contributed by atoms with Crippen molar-refractivity contribution in [2.24, 2.45) is 5.73 Å². The Balaban J connectivity index is 3.37. The smallest absolute Gasteiger partial charge is 0.305 e. The molecule has 0 aliphatic rings. The van der Waals surface area contributed by atoms with Gasteiger partial charge < -0.3 is 20.3 Å². The van der Waals surface area contributed by atoms with Gasteiger partial charge in [-0.3, -0.25) is 4.79 Å². The lowest BCUT2D eigenvalue weighted by molar-refractivity contribution is -0.137. The largest absolute Gasteiger partial charge is 0.492 e. The third-order valence-electron chi connectivity index (χ3n) is 2.61. The summed E-state index contributed by atoms with van der Waals surface area (Å²) in [5, 5.41) is 8.82. The molecule has 1 aromatic carbocycles. The van der Waals surface area contributed by atoms with E-state index in [1.807, 2.05) is 13.0 Å². The van der Waals surface area contributed by atoms with E-state index in [9.17, 15) is 4.79 Å². The molecule has 18 heavy (non-hydrogen) atoms. The summed E-state index contributed by atoms with van der Waals surface area (Å²) < 4.78 is 11.3. The van der Waals surface area contributed by atoms with Gasteiger partial charge in [-0.05, 0) is 34.5 Å². The van der Waals surface area contributed by atoms with E-state index in [4.69, 9.17) is 20.3 Å². The number of halogens is 1. The summed E-state index contributed by atoms with van der Waals surface area (Å²) in [5.41, 5.74) is 7.42. The number of rotatable bonds is 5. The number of hydrogen-bond donors (Lipinski definition) is 2. The molecule has 0 fully saturated rings. The maximum Gasteiger partial charge on any atom is 0.305 e. The van der Waals surface area contributed by atoms with Crippen LogP contribution < -0.4 is 15.2 Å². The van der Waals surface area contributed by atoms with E-state index in [0.717, 1.165) is 10.0 Å². The van der Waals surface area contributed by atoms with Crippen molar-refractivity contribution in [3.05, 3.63) is 21.7 Å². The van der Waals surface area contributed by atoms with Crippen molar-refractivity contribution < 1.29 is 19.4 Å². The van der Waals surface area contributed by atoms with Gasteiger partial charge in [-0.2, -0.15) is 0 Å². The molecule has 0 saturated carbocycles. The standard InChI is InChI=1S/C12H16BrNO4/c1-6-4-7(13)11(17-2)12(18-3)10(6)8(14)5-9(15)16/h4,8H,5,14H2,1-3H3,(H,15,16). The number of aryl methyl sites for hydroxylation is 1. The summed E-state index contributed by atoms with van der Waals surface area (Å²) in [6.07, 6.45) is -0.165. The third kappa shape index (κ3) is 2.94. The van der Waals surface area contributed by atoms with Gasteiger partial charge in [0.1, 0.15) is 0 Å². The van der Waals surface area contributed by atoms with Crippen LogP contribution in [-0.4, -0.2) is 25.3 Å². The van der Waals surface area contributed by atoms with Crippen molar-refractivity contribution in [2.75, 3.05) is 14.2 Å². The molecule has 0 aliphatic carbocycles. The lowest BCUT2D eigenvalue weighted by atomic mass is 9.97. The normalized spacial score (nSPS) is 12.1. The highest BCUT2D eigenvalue weighted by molar-refractivity contribution is 9.10. The molecule has 3 N–H and O–H groups in total. The fourth-order valence-corrected chi connectivity index (χ4v) is 2.57. The molecule has 0 amide bonds. The lowest BCUT2D eigenvalue weighted by Gasteiger charge is -2.20. The van der Waals surface area contributed by atoms with E-state index >= 15 is 0 Å². The molecular weight excluding hydrogens is 302 g/mol. The van der Waals surface area contributed by atoms with Crippen LogP contribution in [0.25, 0.3) is 0 Å². The number of aliphatic carboxylic acids is 1. The van der Waals surface area contributed by atoms with Crippen molar-refractivity contribution >= 4 is 21.9 Å². The molecule has 0 saturated heterocycles. The molecule has 0 heterocycles. The van der Waals surface area contributed by atoms with Crippen LogP contribution in [0.4, 0.5) is 0 Å². The van der Waals surface area contributed by atoms with Crippen LogP contribution in [0, 0.1) is 6.92 Å². The Kier molecular flexibility index (Phi) is 4.98. The first kappa shape index (κ1) is 14.8. The fourth-order valence-electron chi connectivity index (χ4n) is 1.89. The van der Waals surface area contributed by atoms with Crippen molar-refractivity contribution in [1.29, 1.82) is 0 Å².